The molecular formula is C19H28N6O. The molecule has 0 saturated carbocycles. The molecule has 140 valence electrons. The van der Waals surface area contributed by atoms with Crippen molar-refractivity contribution >= 4 is 17.8 Å². The van der Waals surface area contributed by atoms with E-state index in [9.17, 15) is 4.79 Å². The topological polar surface area (TPSA) is 105 Å². The zero-order valence-electron chi connectivity index (χ0n) is 15.9. The van der Waals surface area contributed by atoms with Gasteiger partial charge in [-0.25, -0.2) is 9.78 Å². The highest BCUT2D eigenvalue weighted by Gasteiger charge is 2.09. The summed E-state index contributed by atoms with van der Waals surface area (Å²) in [4.78, 5) is 20.1. The Morgan fingerprint density at radius 1 is 1.19 bits per heavy atom. The smallest absolute Gasteiger partial charge is 0.314 e. The maximum Gasteiger partial charge on any atom is 0.314 e. The number of amides is 2. The highest BCUT2D eigenvalue weighted by Crippen LogP contribution is 2.25. The van der Waals surface area contributed by atoms with Gasteiger partial charge in [0.15, 0.2) is 0 Å². The molecule has 0 aliphatic rings. The van der Waals surface area contributed by atoms with Gasteiger partial charge in [-0.15, -0.1) is 0 Å². The van der Waals surface area contributed by atoms with Crippen LogP contribution in [0.25, 0.3) is 11.3 Å². The van der Waals surface area contributed by atoms with E-state index in [2.05, 4.69) is 45.8 Å². The first-order chi connectivity index (χ1) is 12.4. The Bertz CT molecular complexity index is 760. The minimum absolute atomic E-state index is 0.126. The van der Waals surface area contributed by atoms with Crippen LogP contribution in [0.15, 0.2) is 24.3 Å². The predicted molar refractivity (Wildman–Crippen MR) is 106 cm³/mol. The second-order valence-electron chi connectivity index (χ2n) is 6.58. The lowest BCUT2D eigenvalue weighted by Crippen LogP contribution is -2.40. The molecule has 0 saturated heterocycles. The number of urea groups is 1. The fraction of sp³-hybridized carbons (Fsp3) is 0.421. The molecule has 1 heterocycles. The van der Waals surface area contributed by atoms with Crippen molar-refractivity contribution in [2.24, 2.45) is 0 Å². The van der Waals surface area contributed by atoms with Gasteiger partial charge in [-0.2, -0.15) is 4.98 Å². The summed E-state index contributed by atoms with van der Waals surface area (Å²) in [6.45, 7) is 9.25. The van der Waals surface area contributed by atoms with Gasteiger partial charge < -0.3 is 21.7 Å². The van der Waals surface area contributed by atoms with E-state index < -0.39 is 0 Å². The Kier molecular flexibility index (Phi) is 6.77. The number of nitrogens with zero attached hydrogens (tertiary/aromatic N) is 2. The normalized spacial score (nSPS) is 10.7. The first kappa shape index (κ1) is 19.5. The van der Waals surface area contributed by atoms with Gasteiger partial charge in [0.2, 0.25) is 5.95 Å². The molecule has 0 fully saturated rings. The second kappa shape index (κ2) is 9.03. The third-order valence-corrected chi connectivity index (χ3v) is 3.99. The van der Waals surface area contributed by atoms with Gasteiger partial charge in [0, 0.05) is 30.8 Å². The maximum absolute atomic E-state index is 11.5. The molecule has 7 heteroatoms. The Labute approximate surface area is 154 Å². The van der Waals surface area contributed by atoms with E-state index in [4.69, 9.17) is 5.73 Å². The third-order valence-electron chi connectivity index (χ3n) is 3.99. The summed E-state index contributed by atoms with van der Waals surface area (Å²) in [6.07, 6.45) is 0.772. The highest BCUT2D eigenvalue weighted by atomic mass is 16.2. The average molecular weight is 356 g/mol. The largest absolute Gasteiger partial charge is 0.370 e. The van der Waals surface area contributed by atoms with E-state index in [1.54, 1.807) is 0 Å². The van der Waals surface area contributed by atoms with Crippen molar-refractivity contribution < 1.29 is 4.79 Å². The molecule has 0 unspecified atom stereocenters. The molecule has 0 spiro atoms. The van der Waals surface area contributed by atoms with E-state index in [-0.39, 0.29) is 18.0 Å². The first-order valence-electron chi connectivity index (χ1n) is 8.86. The second-order valence-corrected chi connectivity index (χ2v) is 6.58. The molecule has 26 heavy (non-hydrogen) atoms. The molecular weight excluding hydrogens is 328 g/mol. The highest BCUT2D eigenvalue weighted by molar-refractivity contribution is 5.74. The minimum atomic E-state index is -0.150. The number of hydrogen-bond acceptors (Lipinski definition) is 5. The number of nitrogen functional groups attached to an aromatic ring is 1. The van der Waals surface area contributed by atoms with Crippen LogP contribution in [0, 0.1) is 13.8 Å². The Balaban J connectivity index is 1.94. The number of hydrogen-bond donors (Lipinski definition) is 4. The summed E-state index contributed by atoms with van der Waals surface area (Å²) in [5, 5.41) is 8.84. The van der Waals surface area contributed by atoms with E-state index >= 15 is 0 Å². The minimum Gasteiger partial charge on any atom is -0.370 e. The van der Waals surface area contributed by atoms with Crippen LogP contribution >= 0.6 is 0 Å². The predicted octanol–water partition coefficient (Wildman–Crippen LogP) is 2.85. The van der Waals surface area contributed by atoms with Crippen LogP contribution in [0.3, 0.4) is 0 Å². The van der Waals surface area contributed by atoms with E-state index in [0.29, 0.717) is 18.9 Å². The van der Waals surface area contributed by atoms with Crippen molar-refractivity contribution in [2.45, 2.75) is 40.2 Å². The van der Waals surface area contributed by atoms with Crippen LogP contribution in [0.4, 0.5) is 16.6 Å². The molecule has 1 aromatic heterocycles. The summed E-state index contributed by atoms with van der Waals surface area (Å²) in [5.41, 5.74) is 10.1. The Morgan fingerprint density at radius 3 is 2.69 bits per heavy atom. The van der Waals surface area contributed by atoms with Crippen LogP contribution in [0.1, 0.15) is 31.4 Å². The molecule has 5 N–H and O–H groups in total. The molecule has 2 rings (SSSR count). The lowest BCUT2D eigenvalue weighted by molar-refractivity contribution is 0.238. The van der Waals surface area contributed by atoms with Gasteiger partial charge in [0.25, 0.3) is 0 Å². The molecule has 0 atom stereocenters. The lowest BCUT2D eigenvalue weighted by atomic mass is 10.0. The molecule has 0 aliphatic carbocycles. The number of benzene rings is 1. The molecule has 7 nitrogen and oxygen atoms in total. The van der Waals surface area contributed by atoms with Crippen molar-refractivity contribution in [3.05, 3.63) is 35.4 Å². The zero-order valence-corrected chi connectivity index (χ0v) is 15.9. The van der Waals surface area contributed by atoms with Gasteiger partial charge in [0.05, 0.1) is 5.69 Å². The summed E-state index contributed by atoms with van der Waals surface area (Å²) in [5.74, 6) is 0.917. The average Bonchev–Trinajstić information content (AvgIpc) is 2.56. The number of aromatic nitrogens is 2. The van der Waals surface area contributed by atoms with Crippen molar-refractivity contribution in [3.63, 3.8) is 0 Å². The number of anilines is 2. The molecule has 1 aromatic carbocycles. The first-order valence-corrected chi connectivity index (χ1v) is 8.86. The number of nitrogens with one attached hydrogen (secondary N) is 3. The van der Waals surface area contributed by atoms with Crippen LogP contribution in [-0.2, 0) is 0 Å². The van der Waals surface area contributed by atoms with Crippen molar-refractivity contribution in [1.82, 2.24) is 20.6 Å². The quantitative estimate of drug-likeness (QED) is 0.571. The zero-order chi connectivity index (χ0) is 19.1. The number of carbonyl (C=O) groups is 1. The van der Waals surface area contributed by atoms with Gasteiger partial charge >= 0.3 is 6.03 Å². The summed E-state index contributed by atoms with van der Waals surface area (Å²) in [7, 11) is 0. The molecule has 0 bridgehead atoms. The number of carbonyl (C=O) groups excluding carboxylic acids is 1. The van der Waals surface area contributed by atoms with Gasteiger partial charge in [-0.05, 0) is 45.2 Å². The third kappa shape index (κ3) is 5.61. The molecule has 2 amide bonds. The van der Waals surface area contributed by atoms with Crippen LogP contribution < -0.4 is 21.7 Å². The monoisotopic (exact) mass is 356 g/mol. The standard InChI is InChI=1S/C19H28N6O/c1-12(2)23-19(26)22-10-6-9-21-17-11-16(24-18(20)25-17)15-8-5-7-13(3)14(15)4/h5,7-8,11-12H,6,9-10H2,1-4H3,(H2,22,23,26)(H3,20,21,24,25). The van der Waals surface area contributed by atoms with Gasteiger partial charge in [-0.1, -0.05) is 18.2 Å². The number of aryl methyl sites for hydroxylation is 1. The number of nitrogens with two attached hydrogens (primary N) is 1. The lowest BCUT2D eigenvalue weighted by Gasteiger charge is -2.12. The van der Waals surface area contributed by atoms with E-state index in [0.717, 1.165) is 17.7 Å². The SMILES string of the molecule is Cc1cccc(-c2cc(NCCCNC(=O)NC(C)C)nc(N)n2)c1C. The molecule has 0 aliphatic heterocycles. The van der Waals surface area contributed by atoms with Gasteiger partial charge in [-0.3, -0.25) is 0 Å². The van der Waals surface area contributed by atoms with Crippen LogP contribution in [-0.4, -0.2) is 35.1 Å². The Morgan fingerprint density at radius 2 is 1.96 bits per heavy atom. The van der Waals surface area contributed by atoms with E-state index in [1.165, 1.54) is 11.1 Å². The summed E-state index contributed by atoms with van der Waals surface area (Å²) < 4.78 is 0. The number of rotatable bonds is 7. The van der Waals surface area contributed by atoms with Crippen molar-refractivity contribution in [3.8, 4) is 11.3 Å². The van der Waals surface area contributed by atoms with Gasteiger partial charge in [0.1, 0.15) is 5.82 Å². The van der Waals surface area contributed by atoms with Crippen molar-refractivity contribution in [1.29, 1.82) is 0 Å². The fourth-order valence-electron chi connectivity index (χ4n) is 2.54. The molecule has 2 aromatic rings. The van der Waals surface area contributed by atoms with Crippen molar-refractivity contribution in [2.75, 3.05) is 24.1 Å². The van der Waals surface area contributed by atoms with E-state index in [1.807, 2.05) is 32.0 Å². The fourth-order valence-corrected chi connectivity index (χ4v) is 2.54. The van der Waals surface area contributed by atoms with Crippen LogP contribution in [0.5, 0.6) is 0 Å². The van der Waals surface area contributed by atoms with Crippen LogP contribution in [0.2, 0.25) is 0 Å². The summed E-state index contributed by atoms with van der Waals surface area (Å²) in [6, 6.07) is 7.99. The summed E-state index contributed by atoms with van der Waals surface area (Å²) >= 11 is 0. The Hall–Kier alpha value is -2.83. The maximum atomic E-state index is 11.5. The molecule has 0 radical (unpaired) electrons.